The number of rotatable bonds is 6. The van der Waals surface area contributed by atoms with Crippen molar-refractivity contribution in [3.8, 4) is 22.9 Å². The number of aromatic hydroxyl groups is 1. The van der Waals surface area contributed by atoms with Crippen LogP contribution in [0.3, 0.4) is 0 Å². The first-order valence-corrected chi connectivity index (χ1v) is 16.3. The number of fused-ring (bicyclic) bond motifs is 5. The molecule has 3 aromatic carbocycles. The van der Waals surface area contributed by atoms with Crippen LogP contribution in [0, 0.1) is 5.82 Å². The van der Waals surface area contributed by atoms with E-state index in [4.69, 9.17) is 19.4 Å². The van der Waals surface area contributed by atoms with E-state index in [1.807, 2.05) is 30.3 Å². The highest BCUT2D eigenvalue weighted by Gasteiger charge is 2.49. The van der Waals surface area contributed by atoms with Gasteiger partial charge in [0.2, 0.25) is 0 Å². The van der Waals surface area contributed by atoms with Crippen LogP contribution >= 0.6 is 0 Å². The summed E-state index contributed by atoms with van der Waals surface area (Å²) < 4.78 is 43.8. The fourth-order valence-corrected chi connectivity index (χ4v) is 8.65. The second-order valence-corrected chi connectivity index (χ2v) is 13.7. The standard InChI is InChI=1S/C35H37F2N5O3/c36-22-13-35(8-3-9-42(35)14-22)19-45-34-39-32-29(33(40-34)41-15-23-6-7-24(16-41)38-23)12-27(21-17-44-18-21)30(31(32)37)28-11-25(43)10-20-4-1-2-5-26(20)28/h1-2,4-5,10-12,21-24,38,43H,3,6-9,13-19H2/t22-,23-,24+,35+/m1/s1. The number of alkyl halides is 1. The van der Waals surface area contributed by atoms with Crippen LogP contribution in [-0.4, -0.2) is 89.8 Å². The topological polar surface area (TPSA) is 83.0 Å². The normalized spacial score (nSPS) is 28.2. The Balaban J connectivity index is 1.23. The first-order valence-electron chi connectivity index (χ1n) is 16.3. The lowest BCUT2D eigenvalue weighted by atomic mass is 9.85. The quantitative estimate of drug-likeness (QED) is 0.303. The van der Waals surface area contributed by atoms with Crippen molar-refractivity contribution in [2.45, 2.75) is 61.8 Å². The van der Waals surface area contributed by atoms with E-state index in [2.05, 4.69) is 15.1 Å². The summed E-state index contributed by atoms with van der Waals surface area (Å²) in [5.41, 5.74) is 1.71. The molecule has 234 valence electrons. The fraction of sp³-hybridized carbons (Fsp3) is 0.486. The third-order valence-electron chi connectivity index (χ3n) is 10.9. The largest absolute Gasteiger partial charge is 0.508 e. The number of anilines is 1. The molecule has 0 saturated carbocycles. The van der Waals surface area contributed by atoms with Crippen LogP contribution in [0.5, 0.6) is 11.8 Å². The van der Waals surface area contributed by atoms with Gasteiger partial charge in [0.15, 0.2) is 5.82 Å². The molecule has 1 aromatic heterocycles. The lowest BCUT2D eigenvalue weighted by Gasteiger charge is -2.35. The molecular weight excluding hydrogens is 576 g/mol. The maximum Gasteiger partial charge on any atom is 0.319 e. The monoisotopic (exact) mass is 613 g/mol. The summed E-state index contributed by atoms with van der Waals surface area (Å²) in [6, 6.07) is 13.9. The Kier molecular flexibility index (Phi) is 6.44. The minimum atomic E-state index is -0.871. The Labute approximate surface area is 260 Å². The van der Waals surface area contributed by atoms with Crippen molar-refractivity contribution in [1.29, 1.82) is 0 Å². The van der Waals surface area contributed by atoms with Gasteiger partial charge in [-0.3, -0.25) is 4.90 Å². The van der Waals surface area contributed by atoms with Gasteiger partial charge in [0.25, 0.3) is 0 Å². The highest BCUT2D eigenvalue weighted by Crippen LogP contribution is 2.45. The molecule has 5 fully saturated rings. The zero-order chi connectivity index (χ0) is 30.3. The average Bonchev–Trinajstić information content (AvgIpc) is 3.65. The zero-order valence-corrected chi connectivity index (χ0v) is 25.1. The van der Waals surface area contributed by atoms with E-state index in [-0.39, 0.29) is 35.3 Å². The first-order chi connectivity index (χ1) is 21.9. The van der Waals surface area contributed by atoms with Crippen molar-refractivity contribution in [2.24, 2.45) is 0 Å². The molecule has 8 nitrogen and oxygen atoms in total. The summed E-state index contributed by atoms with van der Waals surface area (Å²) in [5.74, 6) is 0.302. The average molecular weight is 614 g/mol. The molecule has 4 atom stereocenters. The molecule has 0 spiro atoms. The number of hydrogen-bond acceptors (Lipinski definition) is 8. The predicted octanol–water partition coefficient (Wildman–Crippen LogP) is 5.30. The molecule has 45 heavy (non-hydrogen) atoms. The maximum atomic E-state index is 17.3. The number of nitrogens with one attached hydrogen (secondary N) is 1. The predicted molar refractivity (Wildman–Crippen MR) is 168 cm³/mol. The molecule has 0 aliphatic carbocycles. The summed E-state index contributed by atoms with van der Waals surface area (Å²) >= 11 is 0. The van der Waals surface area contributed by atoms with Gasteiger partial charge in [0.05, 0.1) is 18.8 Å². The number of halogens is 2. The van der Waals surface area contributed by atoms with Gasteiger partial charge in [-0.2, -0.15) is 9.97 Å². The zero-order valence-electron chi connectivity index (χ0n) is 25.1. The lowest BCUT2D eigenvalue weighted by Crippen LogP contribution is -2.51. The lowest BCUT2D eigenvalue weighted by molar-refractivity contribution is 0.00861. The minimum absolute atomic E-state index is 0.00598. The number of ether oxygens (including phenoxy) is 2. The van der Waals surface area contributed by atoms with Crippen molar-refractivity contribution < 1.29 is 23.4 Å². The van der Waals surface area contributed by atoms with E-state index in [0.29, 0.717) is 60.6 Å². The van der Waals surface area contributed by atoms with Gasteiger partial charge in [-0.25, -0.2) is 8.78 Å². The summed E-state index contributed by atoms with van der Waals surface area (Å²) in [6.07, 6.45) is 3.64. The van der Waals surface area contributed by atoms with Gasteiger partial charge in [-0.05, 0) is 72.3 Å². The maximum absolute atomic E-state index is 17.3. The van der Waals surface area contributed by atoms with Gasteiger partial charge in [0, 0.05) is 55.0 Å². The van der Waals surface area contributed by atoms with Crippen molar-refractivity contribution >= 4 is 27.5 Å². The van der Waals surface area contributed by atoms with Crippen molar-refractivity contribution in [2.75, 3.05) is 50.9 Å². The molecule has 0 radical (unpaired) electrons. The molecule has 5 saturated heterocycles. The second kappa shape index (κ2) is 10.5. The number of phenols is 1. The number of nitrogens with zero attached hydrogens (tertiary/aromatic N) is 4. The highest BCUT2D eigenvalue weighted by molar-refractivity contribution is 6.02. The van der Waals surface area contributed by atoms with E-state index in [0.717, 1.165) is 61.7 Å². The minimum Gasteiger partial charge on any atom is -0.508 e. The molecule has 10 heteroatoms. The number of benzene rings is 3. The fourth-order valence-electron chi connectivity index (χ4n) is 8.65. The molecule has 4 aromatic rings. The number of aromatic nitrogens is 2. The SMILES string of the molecule is Oc1cc(-c2c(C3COC3)cc3c(N4C[C@H]5CC[C@@H](C4)N5)nc(OC[C@@]45CCCN4C[C@H](F)C5)nc3c2F)c2ccccc2c1. The molecule has 0 amide bonds. The molecule has 9 rings (SSSR count). The molecule has 0 unspecified atom stereocenters. The van der Waals surface area contributed by atoms with E-state index in [9.17, 15) is 9.50 Å². The summed E-state index contributed by atoms with van der Waals surface area (Å²) in [5, 5.41) is 16.7. The number of phenolic OH excluding ortho intramolecular Hbond substituents is 1. The first kappa shape index (κ1) is 27.7. The summed E-state index contributed by atoms with van der Waals surface area (Å²) in [7, 11) is 0. The van der Waals surface area contributed by atoms with E-state index < -0.39 is 12.0 Å². The molecule has 6 heterocycles. The molecule has 5 aliphatic heterocycles. The van der Waals surface area contributed by atoms with Crippen molar-refractivity contribution in [1.82, 2.24) is 20.2 Å². The van der Waals surface area contributed by atoms with E-state index in [1.165, 1.54) is 0 Å². The molecular formula is C35H37F2N5O3. The summed E-state index contributed by atoms with van der Waals surface area (Å²) in [4.78, 5) is 14.2. The Bertz CT molecular complexity index is 1810. The van der Waals surface area contributed by atoms with Gasteiger partial charge in [0.1, 0.15) is 29.9 Å². The Hall–Kier alpha value is -3.60. The highest BCUT2D eigenvalue weighted by atomic mass is 19.1. The summed E-state index contributed by atoms with van der Waals surface area (Å²) in [6.45, 7) is 4.10. The van der Waals surface area contributed by atoms with Crippen LogP contribution in [0.25, 0.3) is 32.8 Å². The third kappa shape index (κ3) is 4.55. The van der Waals surface area contributed by atoms with Crippen molar-refractivity contribution in [3.63, 3.8) is 0 Å². The van der Waals surface area contributed by atoms with Crippen LogP contribution in [0.2, 0.25) is 0 Å². The second-order valence-electron chi connectivity index (χ2n) is 13.7. The molecule has 5 aliphatic rings. The van der Waals surface area contributed by atoms with Crippen LogP contribution < -0.4 is 15.0 Å². The Morgan fingerprint density at radius 2 is 1.87 bits per heavy atom. The number of piperazine rings is 1. The van der Waals surface area contributed by atoms with Crippen LogP contribution in [0.1, 0.15) is 43.6 Å². The third-order valence-corrected chi connectivity index (χ3v) is 10.9. The van der Waals surface area contributed by atoms with Gasteiger partial charge in [-0.15, -0.1) is 0 Å². The number of hydrogen-bond donors (Lipinski definition) is 2. The molecule has 2 N–H and O–H groups in total. The van der Waals surface area contributed by atoms with E-state index in [1.54, 1.807) is 12.1 Å². The van der Waals surface area contributed by atoms with Crippen molar-refractivity contribution in [3.05, 3.63) is 53.8 Å². The smallest absolute Gasteiger partial charge is 0.319 e. The van der Waals surface area contributed by atoms with Crippen LogP contribution in [0.15, 0.2) is 42.5 Å². The van der Waals surface area contributed by atoms with Crippen LogP contribution in [-0.2, 0) is 4.74 Å². The van der Waals surface area contributed by atoms with Gasteiger partial charge in [-0.1, -0.05) is 24.3 Å². The van der Waals surface area contributed by atoms with Gasteiger partial charge >= 0.3 is 6.01 Å². The van der Waals surface area contributed by atoms with Crippen LogP contribution in [0.4, 0.5) is 14.6 Å². The Morgan fingerprint density at radius 3 is 2.67 bits per heavy atom. The van der Waals surface area contributed by atoms with Gasteiger partial charge < -0.3 is 24.8 Å². The Morgan fingerprint density at radius 1 is 1.04 bits per heavy atom. The van der Waals surface area contributed by atoms with E-state index >= 15 is 4.39 Å². The molecule has 2 bridgehead atoms.